The van der Waals surface area contributed by atoms with Gasteiger partial charge < -0.3 is 9.84 Å². The van der Waals surface area contributed by atoms with Gasteiger partial charge in [-0.25, -0.2) is 9.90 Å². The van der Waals surface area contributed by atoms with E-state index in [9.17, 15) is 9.90 Å². The number of aliphatic hydroxyl groups excluding tert-OH is 1. The third-order valence-electron chi connectivity index (χ3n) is 1.02. The van der Waals surface area contributed by atoms with Crippen LogP contribution in [0.1, 0.15) is 6.42 Å². The maximum Gasteiger partial charge on any atom is 0.333 e. The highest BCUT2D eigenvalue weighted by Gasteiger charge is 2.06. The summed E-state index contributed by atoms with van der Waals surface area (Å²) in [5.41, 5.74) is 0.161. The first-order valence-corrected chi connectivity index (χ1v) is 3.26. The summed E-state index contributed by atoms with van der Waals surface area (Å²) in [4.78, 5) is 10.7. The Bertz CT molecular complexity index is 141. The van der Waals surface area contributed by atoms with E-state index in [2.05, 4.69) is 11.3 Å². The second-order valence-corrected chi connectivity index (χ2v) is 1.92. The largest absolute Gasteiger partial charge is 0.460 e. The first kappa shape index (κ1) is 10.1. The highest BCUT2D eigenvalue weighted by Crippen LogP contribution is 1.99. The maximum absolute atomic E-state index is 10.7. The summed E-state index contributed by atoms with van der Waals surface area (Å²) in [5, 5.41) is 18.3. The van der Waals surface area contributed by atoms with Gasteiger partial charge in [-0.1, -0.05) is 6.58 Å². The van der Waals surface area contributed by atoms with Crippen molar-refractivity contribution in [3.63, 3.8) is 0 Å². The average Bonchev–Trinajstić information content (AvgIpc) is 2.00. The molecule has 11 heavy (non-hydrogen) atoms. The van der Waals surface area contributed by atoms with Crippen molar-refractivity contribution in [1.82, 2.24) is 0 Å². The lowest BCUT2D eigenvalue weighted by atomic mass is 10.2. The van der Waals surface area contributed by atoms with Crippen LogP contribution in [-0.2, 0) is 14.6 Å². The van der Waals surface area contributed by atoms with E-state index in [4.69, 9.17) is 5.11 Å². The molecule has 0 aromatic carbocycles. The van der Waals surface area contributed by atoms with E-state index in [1.165, 1.54) is 0 Å². The molecule has 0 bridgehead atoms. The molecule has 4 heteroatoms. The monoisotopic (exact) mass is 159 g/mol. The zero-order chi connectivity index (χ0) is 8.69. The number of hydrogen-bond donors (Lipinski definition) is 1. The third kappa shape index (κ3) is 4.52. The van der Waals surface area contributed by atoms with Gasteiger partial charge in [0.15, 0.2) is 0 Å². The van der Waals surface area contributed by atoms with Crippen molar-refractivity contribution in [2.45, 2.75) is 6.42 Å². The molecule has 4 nitrogen and oxygen atoms in total. The minimum Gasteiger partial charge on any atom is -0.460 e. The van der Waals surface area contributed by atoms with Crippen molar-refractivity contribution in [1.29, 1.82) is 0 Å². The molecule has 1 radical (unpaired) electrons. The standard InChI is InChI=1S/C7H11O4/c1-6(2-3-8)7(10)11-5-4-9/h9H,1-5H2. The van der Waals surface area contributed by atoms with Crippen LogP contribution in [0.3, 0.4) is 0 Å². The summed E-state index contributed by atoms with van der Waals surface area (Å²) < 4.78 is 4.48. The van der Waals surface area contributed by atoms with Crippen LogP contribution >= 0.6 is 0 Å². The summed E-state index contributed by atoms with van der Waals surface area (Å²) in [6.45, 7) is 2.72. The Balaban J connectivity index is 3.56. The van der Waals surface area contributed by atoms with Gasteiger partial charge in [-0.15, -0.1) is 0 Å². The Labute approximate surface area is 65.1 Å². The topological polar surface area (TPSA) is 66.4 Å². The predicted molar refractivity (Wildman–Crippen MR) is 37.4 cm³/mol. The van der Waals surface area contributed by atoms with Crippen LogP contribution in [0.25, 0.3) is 0 Å². The molecule has 63 valence electrons. The van der Waals surface area contributed by atoms with Crippen LogP contribution in [0.2, 0.25) is 0 Å². The minimum atomic E-state index is -0.602. The molecule has 0 saturated carbocycles. The summed E-state index contributed by atoms with van der Waals surface area (Å²) in [6.07, 6.45) is 0.101. The van der Waals surface area contributed by atoms with Crippen molar-refractivity contribution in [2.75, 3.05) is 19.8 Å². The number of ether oxygens (including phenoxy) is 1. The number of carbonyl (C=O) groups is 1. The van der Waals surface area contributed by atoms with E-state index in [1.807, 2.05) is 0 Å². The fourth-order valence-corrected chi connectivity index (χ4v) is 0.466. The van der Waals surface area contributed by atoms with Crippen molar-refractivity contribution in [3.8, 4) is 0 Å². The summed E-state index contributed by atoms with van der Waals surface area (Å²) in [5.74, 6) is -0.602. The maximum atomic E-state index is 10.7. The van der Waals surface area contributed by atoms with Gasteiger partial charge in [-0.3, -0.25) is 0 Å². The molecule has 0 aliphatic carbocycles. The Kier molecular flexibility index (Phi) is 5.42. The highest BCUT2D eigenvalue weighted by molar-refractivity contribution is 5.87. The molecule has 0 aliphatic heterocycles. The molecule has 0 spiro atoms. The van der Waals surface area contributed by atoms with Crippen LogP contribution in [0, 0.1) is 0 Å². The molecular weight excluding hydrogens is 148 g/mol. The molecule has 0 aliphatic rings. The molecule has 0 amide bonds. The molecule has 0 rings (SSSR count). The Morgan fingerprint density at radius 2 is 2.18 bits per heavy atom. The molecule has 0 unspecified atom stereocenters. The molecule has 0 aromatic rings. The van der Waals surface area contributed by atoms with Gasteiger partial charge in [0.1, 0.15) is 6.61 Å². The predicted octanol–water partition coefficient (Wildman–Crippen LogP) is -0.101. The fraction of sp³-hybridized carbons (Fsp3) is 0.571. The first-order valence-electron chi connectivity index (χ1n) is 3.26. The van der Waals surface area contributed by atoms with Crippen LogP contribution in [0.5, 0.6) is 0 Å². The lowest BCUT2D eigenvalue weighted by Gasteiger charge is -2.02. The summed E-state index contributed by atoms with van der Waals surface area (Å²) in [7, 11) is 0. The molecular formula is C7H11O4. The van der Waals surface area contributed by atoms with E-state index >= 15 is 0 Å². The van der Waals surface area contributed by atoms with Crippen molar-refractivity contribution < 1.29 is 19.7 Å². The SMILES string of the molecule is C=C(CC[O])C(=O)OCCO. The van der Waals surface area contributed by atoms with E-state index in [0.717, 1.165) is 0 Å². The van der Waals surface area contributed by atoms with E-state index in [0.29, 0.717) is 0 Å². The molecule has 0 aromatic heterocycles. The summed E-state index contributed by atoms with van der Waals surface area (Å²) in [6, 6.07) is 0. The van der Waals surface area contributed by atoms with Gasteiger partial charge in [0.25, 0.3) is 0 Å². The van der Waals surface area contributed by atoms with Gasteiger partial charge in [0.05, 0.1) is 13.2 Å². The smallest absolute Gasteiger partial charge is 0.333 e. The van der Waals surface area contributed by atoms with Crippen LogP contribution in [-0.4, -0.2) is 30.9 Å². The number of carbonyl (C=O) groups excluding carboxylic acids is 1. The number of rotatable bonds is 5. The van der Waals surface area contributed by atoms with Gasteiger partial charge in [0.2, 0.25) is 0 Å². The van der Waals surface area contributed by atoms with Gasteiger partial charge in [-0.05, 0) is 0 Å². The normalized spacial score (nSPS) is 9.27. The van der Waals surface area contributed by atoms with Gasteiger partial charge >= 0.3 is 5.97 Å². The van der Waals surface area contributed by atoms with E-state index in [1.54, 1.807) is 0 Å². The van der Waals surface area contributed by atoms with E-state index < -0.39 is 5.97 Å². The quantitative estimate of drug-likeness (QED) is 0.450. The molecule has 0 heterocycles. The van der Waals surface area contributed by atoms with Crippen LogP contribution in [0.15, 0.2) is 12.2 Å². The zero-order valence-corrected chi connectivity index (χ0v) is 6.21. The Morgan fingerprint density at radius 3 is 2.64 bits per heavy atom. The second kappa shape index (κ2) is 5.88. The lowest BCUT2D eigenvalue weighted by molar-refractivity contribution is -0.140. The highest BCUT2D eigenvalue weighted by atomic mass is 16.5. The molecule has 1 N–H and O–H groups in total. The number of hydrogen-bond acceptors (Lipinski definition) is 3. The van der Waals surface area contributed by atoms with E-state index in [-0.39, 0.29) is 31.8 Å². The molecule has 0 saturated heterocycles. The van der Waals surface area contributed by atoms with Crippen molar-refractivity contribution in [3.05, 3.63) is 12.2 Å². The first-order chi connectivity index (χ1) is 5.22. The summed E-state index contributed by atoms with van der Waals surface area (Å²) >= 11 is 0. The van der Waals surface area contributed by atoms with Crippen LogP contribution < -0.4 is 0 Å². The van der Waals surface area contributed by atoms with Gasteiger partial charge in [0, 0.05) is 12.0 Å². The number of aliphatic hydroxyl groups is 1. The molecule has 0 fully saturated rings. The van der Waals surface area contributed by atoms with Crippen molar-refractivity contribution in [2.24, 2.45) is 0 Å². The Morgan fingerprint density at radius 1 is 1.55 bits per heavy atom. The number of esters is 1. The minimum absolute atomic E-state index is 0.0449. The van der Waals surface area contributed by atoms with Crippen molar-refractivity contribution >= 4 is 5.97 Å². The fourth-order valence-electron chi connectivity index (χ4n) is 0.466. The average molecular weight is 159 g/mol. The zero-order valence-electron chi connectivity index (χ0n) is 6.21. The third-order valence-corrected chi connectivity index (χ3v) is 1.02. The van der Waals surface area contributed by atoms with Crippen LogP contribution in [0.4, 0.5) is 0 Å². The lowest BCUT2D eigenvalue weighted by Crippen LogP contribution is -2.10. The van der Waals surface area contributed by atoms with Gasteiger partial charge in [-0.2, -0.15) is 0 Å². The molecule has 0 atom stereocenters. The second-order valence-electron chi connectivity index (χ2n) is 1.92. The Hall–Kier alpha value is -0.870.